The first kappa shape index (κ1) is 16.9. The molecule has 59 valence electrons. The van der Waals surface area contributed by atoms with Crippen molar-refractivity contribution in [2.24, 2.45) is 5.41 Å². The van der Waals surface area contributed by atoms with Crippen LogP contribution in [0.5, 0.6) is 0 Å². The minimum absolute atomic E-state index is 0. The molecular weight excluding hydrogens is 201 g/mol. The average molecular weight is 217 g/mol. The van der Waals surface area contributed by atoms with E-state index in [-0.39, 0.29) is 43.9 Å². The summed E-state index contributed by atoms with van der Waals surface area (Å²) in [5.74, 6) is -0.00694. The number of Topliss-reactive ketones (excluding diaryl/α,β-unsaturated/α-hetero) is 1. The van der Waals surface area contributed by atoms with E-state index < -0.39 is 0 Å². The van der Waals surface area contributed by atoms with E-state index in [2.05, 4.69) is 13.8 Å². The Morgan fingerprint density at radius 2 is 1.30 bits per heavy atom. The molecule has 0 aromatic carbocycles. The maximum absolute atomic E-state index is 10.4. The zero-order valence-electron chi connectivity index (χ0n) is 7.40. The number of carbonyl (C=O) groups is 1. The minimum Gasteiger partial charge on any atom is -0.346 e. The van der Waals surface area contributed by atoms with E-state index in [1.54, 1.807) is 6.92 Å². The summed E-state index contributed by atoms with van der Waals surface area (Å²) in [6.45, 7) is 13.8. The van der Waals surface area contributed by atoms with Crippen molar-refractivity contribution >= 4 is 5.78 Å². The normalized spacial score (nSPS) is 8.50. The summed E-state index contributed by atoms with van der Waals surface area (Å²) < 4.78 is 0. The molecule has 1 radical (unpaired) electrons. The summed E-state index contributed by atoms with van der Waals surface area (Å²) in [6, 6.07) is 0. The van der Waals surface area contributed by atoms with Gasteiger partial charge in [0.15, 0.2) is 0 Å². The van der Waals surface area contributed by atoms with E-state index in [0.29, 0.717) is 0 Å². The van der Waals surface area contributed by atoms with Crippen molar-refractivity contribution < 1.29 is 37.5 Å². The van der Waals surface area contributed by atoms with E-state index in [1.807, 2.05) is 20.8 Å². The number of hydrogen-bond acceptors (Lipinski definition) is 1. The van der Waals surface area contributed by atoms with E-state index in [9.17, 15) is 4.79 Å². The van der Waals surface area contributed by atoms with Crippen molar-refractivity contribution in [3.8, 4) is 0 Å². The smallest absolute Gasteiger partial charge is 0.00153 e. The maximum Gasteiger partial charge on any atom is 0.00153 e. The van der Waals surface area contributed by atoms with Gasteiger partial charge >= 0.3 is 0 Å². The Hall–Kier alpha value is 0.644. The molecule has 0 N–H and O–H groups in total. The molecule has 0 aliphatic rings. The van der Waals surface area contributed by atoms with Crippen LogP contribution in [0.25, 0.3) is 0 Å². The average Bonchev–Trinajstić information content (AvgIpc) is 1.69. The molecule has 0 saturated heterocycles. The van der Waals surface area contributed by atoms with Crippen LogP contribution in [0.3, 0.4) is 0 Å². The first-order valence-electron chi connectivity index (χ1n) is 3.01. The van der Waals surface area contributed by atoms with Crippen molar-refractivity contribution in [1.82, 2.24) is 0 Å². The van der Waals surface area contributed by atoms with Crippen molar-refractivity contribution in [2.75, 3.05) is 0 Å². The monoisotopic (exact) mass is 217 g/mol. The molecule has 0 amide bonds. The fraction of sp³-hybridized carbons (Fsp3) is 0.625. The van der Waals surface area contributed by atoms with Gasteiger partial charge in [-0.3, -0.25) is 0 Å². The molecule has 0 heterocycles. The second kappa shape index (κ2) is 7.75. The third kappa shape index (κ3) is 11.4. The van der Waals surface area contributed by atoms with Gasteiger partial charge in [0.1, 0.15) is 0 Å². The number of ketones is 1. The van der Waals surface area contributed by atoms with E-state index >= 15 is 0 Å². The standard InChI is InChI=1S/C6H11O.C2H5.Y/c1-5(7)6(2,3)4;1-2;/h1H2,2-4H3;1H2,2H3;/q2*-1;. The van der Waals surface area contributed by atoms with Crippen LogP contribution in [0.2, 0.25) is 0 Å². The number of hydrogen-bond donors (Lipinski definition) is 0. The Morgan fingerprint density at radius 3 is 1.30 bits per heavy atom. The summed E-state index contributed by atoms with van der Waals surface area (Å²) in [5.41, 5.74) is -0.250. The van der Waals surface area contributed by atoms with E-state index in [4.69, 9.17) is 0 Å². The molecule has 0 fully saturated rings. The van der Waals surface area contributed by atoms with Gasteiger partial charge in [0.05, 0.1) is 0 Å². The van der Waals surface area contributed by atoms with Crippen LogP contribution in [0.1, 0.15) is 27.7 Å². The quantitative estimate of drug-likeness (QED) is 0.569. The third-order valence-corrected chi connectivity index (χ3v) is 0.837. The van der Waals surface area contributed by atoms with Gasteiger partial charge in [0.2, 0.25) is 0 Å². The first-order chi connectivity index (χ1) is 3.94. The summed E-state index contributed by atoms with van der Waals surface area (Å²) >= 11 is 0. The molecule has 0 aromatic heterocycles. The van der Waals surface area contributed by atoms with E-state index in [1.165, 1.54) is 0 Å². The summed E-state index contributed by atoms with van der Waals surface area (Å²) in [6.07, 6.45) is 0. The predicted molar refractivity (Wildman–Crippen MR) is 40.9 cm³/mol. The van der Waals surface area contributed by atoms with E-state index in [0.717, 1.165) is 0 Å². The fourth-order valence-electron chi connectivity index (χ4n) is 0. The van der Waals surface area contributed by atoms with Crippen LogP contribution in [0.15, 0.2) is 0 Å². The molecule has 0 bridgehead atoms. The molecule has 0 aliphatic heterocycles. The van der Waals surface area contributed by atoms with Gasteiger partial charge in [-0.15, -0.1) is 0 Å². The van der Waals surface area contributed by atoms with Crippen molar-refractivity contribution in [1.29, 1.82) is 0 Å². The number of rotatable bonds is 0. The maximum atomic E-state index is 10.4. The zero-order chi connectivity index (χ0) is 8.08. The Kier molecular flexibility index (Phi) is 13.1. The van der Waals surface area contributed by atoms with Gasteiger partial charge in [-0.1, -0.05) is 20.8 Å². The molecule has 0 atom stereocenters. The van der Waals surface area contributed by atoms with Crippen LogP contribution < -0.4 is 0 Å². The molecule has 0 aliphatic carbocycles. The SMILES string of the molecule is [CH2-]C.[CH2-]C(=O)C(C)(C)C.[Y]. The molecule has 10 heavy (non-hydrogen) atoms. The molecule has 0 unspecified atom stereocenters. The minimum atomic E-state index is -0.250. The third-order valence-electron chi connectivity index (χ3n) is 0.837. The van der Waals surface area contributed by atoms with Crippen molar-refractivity contribution in [3.63, 3.8) is 0 Å². The molecule has 2 heteroatoms. The van der Waals surface area contributed by atoms with Crippen molar-refractivity contribution in [3.05, 3.63) is 13.8 Å². The van der Waals surface area contributed by atoms with Crippen molar-refractivity contribution in [2.45, 2.75) is 27.7 Å². The van der Waals surface area contributed by atoms with Crippen LogP contribution in [0.4, 0.5) is 0 Å². The molecule has 0 saturated carbocycles. The summed E-state index contributed by atoms with van der Waals surface area (Å²) in [4.78, 5) is 10.4. The first-order valence-corrected chi connectivity index (χ1v) is 3.01. The van der Waals surface area contributed by atoms with Gasteiger partial charge in [-0.05, 0) is 5.41 Å². The van der Waals surface area contributed by atoms with Crippen LogP contribution in [-0.4, -0.2) is 5.78 Å². The second-order valence-electron chi connectivity index (χ2n) is 2.67. The van der Waals surface area contributed by atoms with Gasteiger partial charge in [-0.25, -0.2) is 0 Å². The Bertz CT molecular complexity index is 81.7. The van der Waals surface area contributed by atoms with Crippen LogP contribution in [0, 0.1) is 19.3 Å². The second-order valence-corrected chi connectivity index (χ2v) is 2.67. The van der Waals surface area contributed by atoms with Gasteiger partial charge in [-0.2, -0.15) is 6.92 Å². The van der Waals surface area contributed by atoms with Crippen LogP contribution >= 0.6 is 0 Å². The number of carbonyl (C=O) groups excluding carboxylic acids is 1. The molecule has 0 rings (SSSR count). The Labute approximate surface area is 89.8 Å². The Balaban J connectivity index is -0.000000149. The van der Waals surface area contributed by atoms with Crippen LogP contribution in [-0.2, 0) is 37.5 Å². The molecular formula is C8H16OY-2. The van der Waals surface area contributed by atoms with Gasteiger partial charge < -0.3 is 18.6 Å². The van der Waals surface area contributed by atoms with Gasteiger partial charge in [0.25, 0.3) is 0 Å². The topological polar surface area (TPSA) is 17.1 Å². The Morgan fingerprint density at radius 1 is 1.20 bits per heavy atom. The predicted octanol–water partition coefficient (Wildman–Crippen LogP) is 2.27. The fourth-order valence-corrected chi connectivity index (χ4v) is 0. The molecule has 1 nitrogen and oxygen atoms in total. The zero-order valence-corrected chi connectivity index (χ0v) is 10.2. The molecule has 0 spiro atoms. The van der Waals surface area contributed by atoms with Gasteiger partial charge in [0, 0.05) is 38.5 Å². The largest absolute Gasteiger partial charge is 0.346 e. The summed E-state index contributed by atoms with van der Waals surface area (Å²) in [5, 5.41) is 0. The molecule has 0 aromatic rings. The summed E-state index contributed by atoms with van der Waals surface area (Å²) in [7, 11) is 0.